The summed E-state index contributed by atoms with van der Waals surface area (Å²) >= 11 is 5.97. The van der Waals surface area contributed by atoms with Crippen molar-refractivity contribution in [2.45, 2.75) is 19.6 Å². The molecule has 0 aliphatic rings. The van der Waals surface area contributed by atoms with E-state index in [4.69, 9.17) is 11.6 Å². The van der Waals surface area contributed by atoms with Crippen molar-refractivity contribution in [3.63, 3.8) is 0 Å². The number of halogens is 1. The first-order chi connectivity index (χ1) is 6.20. The van der Waals surface area contributed by atoms with Crippen molar-refractivity contribution in [1.82, 2.24) is 15.1 Å². The maximum absolute atomic E-state index is 9.61. The molecule has 1 unspecified atom stereocenters. The van der Waals surface area contributed by atoms with Gasteiger partial charge in [0.2, 0.25) is 0 Å². The second-order valence-corrected chi connectivity index (χ2v) is 3.14. The van der Waals surface area contributed by atoms with E-state index in [1.54, 1.807) is 17.9 Å². The molecule has 0 saturated carbocycles. The minimum atomic E-state index is -0.585. The standard InChI is InChI=1S/C8H14ClN3O/c1-3-12-8(9)6(4-11-12)7(13)5-10-2/h4,7,10,13H,3,5H2,1-2H3. The number of nitrogens with one attached hydrogen (secondary N) is 1. The van der Waals surface area contributed by atoms with Crippen LogP contribution in [0, 0.1) is 0 Å². The highest BCUT2D eigenvalue weighted by Gasteiger charge is 2.14. The van der Waals surface area contributed by atoms with Gasteiger partial charge in [0.25, 0.3) is 0 Å². The van der Waals surface area contributed by atoms with E-state index in [-0.39, 0.29) is 0 Å². The van der Waals surface area contributed by atoms with Gasteiger partial charge in [0.1, 0.15) is 5.15 Å². The summed E-state index contributed by atoms with van der Waals surface area (Å²) in [6.07, 6.45) is 1.02. The number of likely N-dealkylation sites (N-methyl/N-ethyl adjacent to an activating group) is 1. The zero-order valence-corrected chi connectivity index (χ0v) is 8.54. The van der Waals surface area contributed by atoms with Crippen LogP contribution >= 0.6 is 11.6 Å². The van der Waals surface area contributed by atoms with Gasteiger partial charge in [0.15, 0.2) is 0 Å². The van der Waals surface area contributed by atoms with E-state index in [1.165, 1.54) is 0 Å². The fraction of sp³-hybridized carbons (Fsp3) is 0.625. The Morgan fingerprint density at radius 3 is 2.92 bits per heavy atom. The van der Waals surface area contributed by atoms with E-state index in [1.807, 2.05) is 6.92 Å². The average Bonchev–Trinajstić information content (AvgIpc) is 2.47. The van der Waals surface area contributed by atoms with Gasteiger partial charge in [-0.2, -0.15) is 5.10 Å². The van der Waals surface area contributed by atoms with Crippen LogP contribution in [0.25, 0.3) is 0 Å². The van der Waals surface area contributed by atoms with Gasteiger partial charge >= 0.3 is 0 Å². The molecule has 0 amide bonds. The van der Waals surface area contributed by atoms with Crippen LogP contribution < -0.4 is 5.32 Å². The Morgan fingerprint density at radius 1 is 1.77 bits per heavy atom. The lowest BCUT2D eigenvalue weighted by Gasteiger charge is -2.07. The fourth-order valence-electron chi connectivity index (χ4n) is 1.13. The summed E-state index contributed by atoms with van der Waals surface area (Å²) in [6.45, 7) is 3.15. The molecule has 1 rings (SSSR count). The highest BCUT2D eigenvalue weighted by Crippen LogP contribution is 2.21. The van der Waals surface area contributed by atoms with Gasteiger partial charge < -0.3 is 10.4 Å². The Labute approximate surface area is 82.5 Å². The smallest absolute Gasteiger partial charge is 0.132 e. The van der Waals surface area contributed by atoms with Crippen LogP contribution in [-0.2, 0) is 6.54 Å². The van der Waals surface area contributed by atoms with Gasteiger partial charge in [-0.05, 0) is 14.0 Å². The van der Waals surface area contributed by atoms with Crippen LogP contribution in [0.1, 0.15) is 18.6 Å². The van der Waals surface area contributed by atoms with Crippen molar-refractivity contribution >= 4 is 11.6 Å². The van der Waals surface area contributed by atoms with Crippen LogP contribution in [0.3, 0.4) is 0 Å². The number of aryl methyl sites for hydroxylation is 1. The maximum Gasteiger partial charge on any atom is 0.132 e. The van der Waals surface area contributed by atoms with Crippen molar-refractivity contribution in [1.29, 1.82) is 0 Å². The molecule has 0 aromatic carbocycles. The minimum Gasteiger partial charge on any atom is -0.387 e. The summed E-state index contributed by atoms with van der Waals surface area (Å²) in [5, 5.41) is 17.0. The molecule has 0 bridgehead atoms. The fourth-order valence-corrected chi connectivity index (χ4v) is 1.47. The molecule has 1 aromatic rings. The molecule has 0 spiro atoms. The normalized spacial score (nSPS) is 13.2. The van der Waals surface area contributed by atoms with Crippen molar-refractivity contribution in [3.8, 4) is 0 Å². The molecule has 13 heavy (non-hydrogen) atoms. The number of nitrogens with zero attached hydrogens (tertiary/aromatic N) is 2. The SMILES string of the molecule is CCn1ncc(C(O)CNC)c1Cl. The third kappa shape index (κ3) is 2.21. The lowest BCUT2D eigenvalue weighted by Crippen LogP contribution is -2.16. The van der Waals surface area contributed by atoms with Crippen LogP contribution in [0.4, 0.5) is 0 Å². The average molecular weight is 204 g/mol. The molecule has 74 valence electrons. The van der Waals surface area contributed by atoms with E-state index >= 15 is 0 Å². The molecule has 1 atom stereocenters. The van der Waals surface area contributed by atoms with Crippen LogP contribution in [-0.4, -0.2) is 28.5 Å². The molecule has 0 aliphatic carbocycles. The van der Waals surface area contributed by atoms with Crippen LogP contribution in [0.2, 0.25) is 5.15 Å². The van der Waals surface area contributed by atoms with Crippen molar-refractivity contribution in [2.75, 3.05) is 13.6 Å². The van der Waals surface area contributed by atoms with Gasteiger partial charge in [0.05, 0.1) is 12.3 Å². The van der Waals surface area contributed by atoms with Gasteiger partial charge in [0, 0.05) is 18.7 Å². The molecule has 5 heteroatoms. The largest absolute Gasteiger partial charge is 0.387 e. The lowest BCUT2D eigenvalue weighted by atomic mass is 10.2. The third-order valence-electron chi connectivity index (χ3n) is 1.86. The number of hydrogen-bond donors (Lipinski definition) is 2. The van der Waals surface area contributed by atoms with Gasteiger partial charge in [-0.1, -0.05) is 11.6 Å². The number of aliphatic hydroxyl groups excluding tert-OH is 1. The summed E-state index contributed by atoms with van der Waals surface area (Å²) in [5.74, 6) is 0. The first-order valence-corrected chi connectivity index (χ1v) is 4.62. The summed E-state index contributed by atoms with van der Waals surface area (Å²) < 4.78 is 1.65. The van der Waals surface area contributed by atoms with Crippen LogP contribution in [0.5, 0.6) is 0 Å². The van der Waals surface area contributed by atoms with Gasteiger partial charge in [-0.15, -0.1) is 0 Å². The zero-order chi connectivity index (χ0) is 9.84. The van der Waals surface area contributed by atoms with Gasteiger partial charge in [-0.25, -0.2) is 0 Å². The monoisotopic (exact) mass is 203 g/mol. The Bertz CT molecular complexity index is 274. The van der Waals surface area contributed by atoms with E-state index in [0.717, 1.165) is 0 Å². The molecule has 2 N–H and O–H groups in total. The number of aliphatic hydroxyl groups is 1. The molecule has 1 aromatic heterocycles. The molecule has 0 fully saturated rings. The molecular formula is C8H14ClN3O. The van der Waals surface area contributed by atoms with Crippen molar-refractivity contribution in [3.05, 3.63) is 16.9 Å². The Balaban J connectivity index is 2.82. The summed E-state index contributed by atoms with van der Waals surface area (Å²) in [5.41, 5.74) is 0.679. The first kappa shape index (κ1) is 10.5. The molecule has 0 aliphatic heterocycles. The second kappa shape index (κ2) is 4.60. The Morgan fingerprint density at radius 2 is 2.46 bits per heavy atom. The quantitative estimate of drug-likeness (QED) is 0.762. The van der Waals surface area contributed by atoms with E-state index in [2.05, 4.69) is 10.4 Å². The number of aromatic nitrogens is 2. The minimum absolute atomic E-state index is 0.481. The number of hydrogen-bond acceptors (Lipinski definition) is 3. The second-order valence-electron chi connectivity index (χ2n) is 2.78. The van der Waals surface area contributed by atoms with Crippen molar-refractivity contribution in [2.24, 2.45) is 0 Å². The molecular weight excluding hydrogens is 190 g/mol. The first-order valence-electron chi connectivity index (χ1n) is 4.24. The van der Waals surface area contributed by atoms with E-state index < -0.39 is 6.10 Å². The predicted molar refractivity (Wildman–Crippen MR) is 51.8 cm³/mol. The molecule has 1 heterocycles. The topological polar surface area (TPSA) is 50.1 Å². The summed E-state index contributed by atoms with van der Waals surface area (Å²) in [4.78, 5) is 0. The predicted octanol–water partition coefficient (Wildman–Crippen LogP) is 0.809. The zero-order valence-electron chi connectivity index (χ0n) is 7.79. The number of rotatable bonds is 4. The Hall–Kier alpha value is -0.580. The summed E-state index contributed by atoms with van der Waals surface area (Å²) in [7, 11) is 1.78. The summed E-state index contributed by atoms with van der Waals surface area (Å²) in [6, 6.07) is 0. The Kier molecular flexibility index (Phi) is 3.71. The van der Waals surface area contributed by atoms with E-state index in [0.29, 0.717) is 23.8 Å². The molecule has 0 saturated heterocycles. The maximum atomic E-state index is 9.61. The third-order valence-corrected chi connectivity index (χ3v) is 2.27. The van der Waals surface area contributed by atoms with E-state index in [9.17, 15) is 5.11 Å². The highest BCUT2D eigenvalue weighted by atomic mass is 35.5. The molecule has 0 radical (unpaired) electrons. The van der Waals surface area contributed by atoms with Crippen LogP contribution in [0.15, 0.2) is 6.20 Å². The van der Waals surface area contributed by atoms with Crippen molar-refractivity contribution < 1.29 is 5.11 Å². The van der Waals surface area contributed by atoms with Gasteiger partial charge in [-0.3, -0.25) is 4.68 Å². The molecule has 4 nitrogen and oxygen atoms in total. The lowest BCUT2D eigenvalue weighted by molar-refractivity contribution is 0.178. The highest BCUT2D eigenvalue weighted by molar-refractivity contribution is 6.30.